The third-order valence-electron chi connectivity index (χ3n) is 2.75. The minimum Gasteiger partial charge on any atom is -0.389 e. The SMILES string of the molecule is CCNc1cc(C(=O)N(C)CC(O)COC)cc(C)n1. The number of methoxy groups -OCH3 is 1. The molecule has 1 heterocycles. The highest BCUT2D eigenvalue weighted by Gasteiger charge is 2.16. The van der Waals surface area contributed by atoms with Crippen LogP contribution in [-0.4, -0.2) is 60.9 Å². The van der Waals surface area contributed by atoms with Crippen molar-refractivity contribution in [2.45, 2.75) is 20.0 Å². The number of aliphatic hydroxyl groups is 1. The number of carbonyl (C=O) groups is 1. The lowest BCUT2D eigenvalue weighted by molar-refractivity contribution is 0.0380. The summed E-state index contributed by atoms with van der Waals surface area (Å²) in [5, 5.41) is 12.8. The number of rotatable bonds is 7. The zero-order valence-electron chi connectivity index (χ0n) is 12.5. The number of ether oxygens (including phenoxy) is 1. The van der Waals surface area contributed by atoms with Crippen molar-refractivity contribution in [3.63, 3.8) is 0 Å². The standard InChI is InChI=1S/C14H23N3O3/c1-5-15-13-7-11(6-10(2)16-13)14(19)17(3)8-12(18)9-20-4/h6-7,12,18H,5,8-9H2,1-4H3,(H,15,16). The highest BCUT2D eigenvalue weighted by atomic mass is 16.5. The number of carbonyl (C=O) groups excluding carboxylic acids is 1. The van der Waals surface area contributed by atoms with Gasteiger partial charge in [0.15, 0.2) is 0 Å². The molecule has 0 saturated carbocycles. The van der Waals surface area contributed by atoms with Crippen molar-refractivity contribution in [1.82, 2.24) is 9.88 Å². The Morgan fingerprint density at radius 1 is 1.55 bits per heavy atom. The van der Waals surface area contributed by atoms with E-state index in [0.717, 1.165) is 12.2 Å². The number of aromatic nitrogens is 1. The zero-order chi connectivity index (χ0) is 15.1. The maximum absolute atomic E-state index is 12.3. The molecule has 6 nitrogen and oxygen atoms in total. The Balaban J connectivity index is 2.80. The Morgan fingerprint density at radius 2 is 2.25 bits per heavy atom. The lowest BCUT2D eigenvalue weighted by Gasteiger charge is -2.21. The smallest absolute Gasteiger partial charge is 0.253 e. The van der Waals surface area contributed by atoms with E-state index in [0.29, 0.717) is 11.4 Å². The summed E-state index contributed by atoms with van der Waals surface area (Å²) in [4.78, 5) is 18.1. The van der Waals surface area contributed by atoms with Gasteiger partial charge in [-0.15, -0.1) is 0 Å². The molecule has 112 valence electrons. The predicted molar refractivity (Wildman–Crippen MR) is 78.0 cm³/mol. The first kappa shape index (κ1) is 16.4. The van der Waals surface area contributed by atoms with Crippen LogP contribution in [0.5, 0.6) is 0 Å². The summed E-state index contributed by atoms with van der Waals surface area (Å²) in [6.45, 7) is 4.99. The molecule has 0 aromatic carbocycles. The van der Waals surface area contributed by atoms with Crippen molar-refractivity contribution >= 4 is 11.7 Å². The molecule has 0 fully saturated rings. The van der Waals surface area contributed by atoms with Crippen LogP contribution in [0.15, 0.2) is 12.1 Å². The number of aryl methyl sites for hydroxylation is 1. The van der Waals surface area contributed by atoms with Crippen LogP contribution in [0.25, 0.3) is 0 Å². The van der Waals surface area contributed by atoms with E-state index in [9.17, 15) is 9.90 Å². The molecular formula is C14H23N3O3. The van der Waals surface area contributed by atoms with E-state index in [-0.39, 0.29) is 19.1 Å². The second-order valence-electron chi connectivity index (χ2n) is 4.71. The summed E-state index contributed by atoms with van der Waals surface area (Å²) < 4.78 is 4.85. The molecule has 1 aromatic rings. The van der Waals surface area contributed by atoms with Crippen LogP contribution in [0.3, 0.4) is 0 Å². The van der Waals surface area contributed by atoms with Crippen LogP contribution in [0.1, 0.15) is 23.0 Å². The summed E-state index contributed by atoms with van der Waals surface area (Å²) in [5.41, 5.74) is 1.33. The first-order chi connectivity index (χ1) is 9.47. The number of nitrogens with zero attached hydrogens (tertiary/aromatic N) is 2. The van der Waals surface area contributed by atoms with Crippen molar-refractivity contribution in [1.29, 1.82) is 0 Å². The normalized spacial score (nSPS) is 12.1. The van der Waals surface area contributed by atoms with Crippen LogP contribution in [0.4, 0.5) is 5.82 Å². The molecule has 1 atom stereocenters. The van der Waals surface area contributed by atoms with Gasteiger partial charge in [-0.2, -0.15) is 0 Å². The number of amides is 1. The van der Waals surface area contributed by atoms with E-state index >= 15 is 0 Å². The summed E-state index contributed by atoms with van der Waals surface area (Å²) in [6.07, 6.45) is -0.690. The highest BCUT2D eigenvalue weighted by Crippen LogP contribution is 2.12. The number of aliphatic hydroxyl groups excluding tert-OH is 1. The summed E-state index contributed by atoms with van der Waals surface area (Å²) in [7, 11) is 3.17. The van der Waals surface area contributed by atoms with Crippen molar-refractivity contribution in [3.05, 3.63) is 23.4 Å². The van der Waals surface area contributed by atoms with Gasteiger partial charge in [0.2, 0.25) is 0 Å². The molecule has 0 radical (unpaired) electrons. The van der Waals surface area contributed by atoms with E-state index < -0.39 is 6.10 Å². The van der Waals surface area contributed by atoms with Gasteiger partial charge < -0.3 is 20.1 Å². The maximum atomic E-state index is 12.3. The van der Waals surface area contributed by atoms with Crippen LogP contribution < -0.4 is 5.32 Å². The fourth-order valence-electron chi connectivity index (χ4n) is 1.93. The summed E-state index contributed by atoms with van der Waals surface area (Å²) in [6, 6.07) is 3.46. The Labute approximate surface area is 119 Å². The van der Waals surface area contributed by atoms with E-state index in [1.165, 1.54) is 12.0 Å². The van der Waals surface area contributed by atoms with E-state index in [2.05, 4.69) is 10.3 Å². The van der Waals surface area contributed by atoms with Gasteiger partial charge in [-0.05, 0) is 26.0 Å². The topological polar surface area (TPSA) is 74.7 Å². The first-order valence-electron chi connectivity index (χ1n) is 6.63. The van der Waals surface area contributed by atoms with Crippen molar-refractivity contribution in [2.75, 3.05) is 39.2 Å². The second-order valence-corrected chi connectivity index (χ2v) is 4.71. The van der Waals surface area contributed by atoms with Crippen LogP contribution >= 0.6 is 0 Å². The second kappa shape index (κ2) is 7.81. The molecule has 6 heteroatoms. The first-order valence-corrected chi connectivity index (χ1v) is 6.63. The van der Waals surface area contributed by atoms with E-state index in [4.69, 9.17) is 4.74 Å². The number of pyridine rings is 1. The monoisotopic (exact) mass is 281 g/mol. The molecule has 1 amide bonds. The minimum absolute atomic E-state index is 0.148. The molecule has 20 heavy (non-hydrogen) atoms. The third kappa shape index (κ3) is 4.79. The number of hydrogen-bond donors (Lipinski definition) is 2. The molecule has 2 N–H and O–H groups in total. The van der Waals surface area contributed by atoms with Gasteiger partial charge >= 0.3 is 0 Å². The summed E-state index contributed by atoms with van der Waals surface area (Å²) >= 11 is 0. The van der Waals surface area contributed by atoms with Gasteiger partial charge in [0.05, 0.1) is 12.7 Å². The van der Waals surface area contributed by atoms with Gasteiger partial charge in [-0.25, -0.2) is 4.98 Å². The van der Waals surface area contributed by atoms with Gasteiger partial charge in [0.25, 0.3) is 5.91 Å². The van der Waals surface area contributed by atoms with Gasteiger partial charge in [-0.1, -0.05) is 0 Å². The number of nitrogens with one attached hydrogen (secondary N) is 1. The minimum atomic E-state index is -0.690. The quantitative estimate of drug-likeness (QED) is 0.777. The van der Waals surface area contributed by atoms with Gasteiger partial charge in [-0.3, -0.25) is 4.79 Å². The molecular weight excluding hydrogens is 258 g/mol. The molecule has 0 aliphatic carbocycles. The molecule has 1 rings (SSSR count). The Hall–Kier alpha value is -1.66. The molecule has 1 aromatic heterocycles. The van der Waals surface area contributed by atoms with Crippen molar-refractivity contribution < 1.29 is 14.6 Å². The number of likely N-dealkylation sites (N-methyl/N-ethyl adjacent to an activating group) is 1. The van der Waals surface area contributed by atoms with E-state index in [1.54, 1.807) is 19.2 Å². The lowest BCUT2D eigenvalue weighted by atomic mass is 10.2. The van der Waals surface area contributed by atoms with Gasteiger partial charge in [0, 0.05) is 38.5 Å². The van der Waals surface area contributed by atoms with Crippen LogP contribution in [0, 0.1) is 6.92 Å². The fraction of sp³-hybridized carbons (Fsp3) is 0.571. The molecule has 0 spiro atoms. The summed E-state index contributed by atoms with van der Waals surface area (Å²) in [5.74, 6) is 0.534. The number of anilines is 1. The highest BCUT2D eigenvalue weighted by molar-refractivity contribution is 5.94. The van der Waals surface area contributed by atoms with Gasteiger partial charge in [0.1, 0.15) is 5.82 Å². The average molecular weight is 281 g/mol. The molecule has 0 saturated heterocycles. The zero-order valence-corrected chi connectivity index (χ0v) is 12.5. The Morgan fingerprint density at radius 3 is 2.85 bits per heavy atom. The van der Waals surface area contributed by atoms with E-state index in [1.807, 2.05) is 13.8 Å². The van der Waals surface area contributed by atoms with Crippen molar-refractivity contribution in [2.24, 2.45) is 0 Å². The fourth-order valence-corrected chi connectivity index (χ4v) is 1.93. The number of hydrogen-bond acceptors (Lipinski definition) is 5. The van der Waals surface area contributed by atoms with Crippen LogP contribution in [-0.2, 0) is 4.74 Å². The Kier molecular flexibility index (Phi) is 6.41. The lowest BCUT2D eigenvalue weighted by Crippen LogP contribution is -2.36. The maximum Gasteiger partial charge on any atom is 0.253 e. The van der Waals surface area contributed by atoms with Crippen molar-refractivity contribution in [3.8, 4) is 0 Å². The molecule has 0 bridgehead atoms. The largest absolute Gasteiger partial charge is 0.389 e. The molecule has 0 aliphatic rings. The molecule has 1 unspecified atom stereocenters. The third-order valence-corrected chi connectivity index (χ3v) is 2.75. The Bertz CT molecular complexity index is 451. The molecule has 0 aliphatic heterocycles. The van der Waals surface area contributed by atoms with Crippen LogP contribution in [0.2, 0.25) is 0 Å². The predicted octanol–water partition coefficient (Wildman–Crippen LogP) is 0.901. The average Bonchev–Trinajstić information content (AvgIpc) is 2.37.